The fourth-order valence-corrected chi connectivity index (χ4v) is 2.47. The first-order chi connectivity index (χ1) is 11.5. The molecule has 0 unspecified atom stereocenters. The van der Waals surface area contributed by atoms with Crippen LogP contribution in [0, 0.1) is 5.82 Å². The van der Waals surface area contributed by atoms with E-state index in [0.29, 0.717) is 18.4 Å². The molecule has 0 aliphatic heterocycles. The molecule has 128 valence electrons. The van der Waals surface area contributed by atoms with Gasteiger partial charge >= 0.3 is 0 Å². The van der Waals surface area contributed by atoms with Gasteiger partial charge in [-0.2, -0.15) is 0 Å². The van der Waals surface area contributed by atoms with E-state index in [9.17, 15) is 14.3 Å². The molecular formula is C20H24FNO2. The summed E-state index contributed by atoms with van der Waals surface area (Å²) in [6, 6.07) is 16.4. The van der Waals surface area contributed by atoms with Gasteiger partial charge in [0.2, 0.25) is 5.91 Å². The van der Waals surface area contributed by atoms with Gasteiger partial charge in [0.15, 0.2) is 0 Å². The summed E-state index contributed by atoms with van der Waals surface area (Å²) >= 11 is 0. The minimum Gasteiger partial charge on any atom is -0.388 e. The highest BCUT2D eigenvalue weighted by molar-refractivity contribution is 5.76. The van der Waals surface area contributed by atoms with Crippen molar-refractivity contribution in [2.75, 3.05) is 6.54 Å². The zero-order chi connectivity index (χ0) is 17.4. The first kappa shape index (κ1) is 18.1. The van der Waals surface area contributed by atoms with E-state index in [4.69, 9.17) is 0 Å². The monoisotopic (exact) mass is 329 g/mol. The van der Waals surface area contributed by atoms with Gasteiger partial charge in [0.25, 0.3) is 0 Å². The van der Waals surface area contributed by atoms with Gasteiger partial charge in [0, 0.05) is 13.0 Å². The van der Waals surface area contributed by atoms with E-state index in [1.807, 2.05) is 30.3 Å². The molecule has 2 N–H and O–H groups in total. The van der Waals surface area contributed by atoms with E-state index in [2.05, 4.69) is 5.32 Å². The molecule has 0 saturated heterocycles. The molecular weight excluding hydrogens is 305 g/mol. The smallest absolute Gasteiger partial charge is 0.220 e. The Labute approximate surface area is 142 Å². The van der Waals surface area contributed by atoms with Gasteiger partial charge in [-0.3, -0.25) is 4.79 Å². The Hall–Kier alpha value is -2.20. The van der Waals surface area contributed by atoms with Crippen LogP contribution in [0.5, 0.6) is 0 Å². The molecule has 24 heavy (non-hydrogen) atoms. The lowest BCUT2D eigenvalue weighted by Gasteiger charge is -2.23. The number of hydrogen-bond donors (Lipinski definition) is 2. The predicted octanol–water partition coefficient (Wildman–Crippen LogP) is 3.26. The Kier molecular flexibility index (Phi) is 6.50. The summed E-state index contributed by atoms with van der Waals surface area (Å²) in [4.78, 5) is 11.9. The highest BCUT2D eigenvalue weighted by atomic mass is 19.1. The van der Waals surface area contributed by atoms with Crippen LogP contribution in [0.3, 0.4) is 0 Å². The maximum absolute atomic E-state index is 13.5. The van der Waals surface area contributed by atoms with Crippen LogP contribution in [-0.4, -0.2) is 23.2 Å². The van der Waals surface area contributed by atoms with Crippen LogP contribution >= 0.6 is 0 Å². The van der Waals surface area contributed by atoms with E-state index in [1.165, 1.54) is 6.07 Å². The van der Waals surface area contributed by atoms with E-state index >= 15 is 0 Å². The van der Waals surface area contributed by atoms with Crippen LogP contribution in [0.1, 0.15) is 30.9 Å². The van der Waals surface area contributed by atoms with Gasteiger partial charge in [-0.05, 0) is 43.4 Å². The maximum atomic E-state index is 13.5. The number of carbonyl (C=O) groups excluding carboxylic acids is 1. The highest BCUT2D eigenvalue weighted by Gasteiger charge is 2.21. The second-order valence-electron chi connectivity index (χ2n) is 6.35. The topological polar surface area (TPSA) is 49.3 Å². The number of nitrogens with one attached hydrogen (secondary N) is 1. The zero-order valence-electron chi connectivity index (χ0n) is 14.0. The number of halogens is 1. The SMILES string of the molecule is C[C@@](O)(CCc1ccccc1)CNC(=O)CCc1ccccc1F. The highest BCUT2D eigenvalue weighted by Crippen LogP contribution is 2.14. The van der Waals surface area contributed by atoms with E-state index in [1.54, 1.807) is 25.1 Å². The first-order valence-corrected chi connectivity index (χ1v) is 8.23. The predicted molar refractivity (Wildman–Crippen MR) is 93.1 cm³/mol. The molecule has 4 heteroatoms. The van der Waals surface area contributed by atoms with Crippen LogP contribution in [0.25, 0.3) is 0 Å². The van der Waals surface area contributed by atoms with Crippen molar-refractivity contribution < 1.29 is 14.3 Å². The van der Waals surface area contributed by atoms with Crippen molar-refractivity contribution >= 4 is 5.91 Å². The summed E-state index contributed by atoms with van der Waals surface area (Å²) in [6.45, 7) is 1.91. The number of rotatable bonds is 8. The van der Waals surface area contributed by atoms with Gasteiger partial charge in [-0.15, -0.1) is 0 Å². The number of benzene rings is 2. The lowest BCUT2D eigenvalue weighted by atomic mass is 9.96. The second kappa shape index (κ2) is 8.60. The van der Waals surface area contributed by atoms with Crippen molar-refractivity contribution in [2.24, 2.45) is 0 Å². The van der Waals surface area contributed by atoms with Gasteiger partial charge < -0.3 is 10.4 Å². The van der Waals surface area contributed by atoms with E-state index in [0.717, 1.165) is 12.0 Å². The largest absolute Gasteiger partial charge is 0.388 e. The molecule has 2 aromatic carbocycles. The minimum absolute atomic E-state index is 0.182. The molecule has 2 rings (SSSR count). The second-order valence-corrected chi connectivity index (χ2v) is 6.35. The zero-order valence-corrected chi connectivity index (χ0v) is 14.0. The van der Waals surface area contributed by atoms with Gasteiger partial charge in [0.05, 0.1) is 5.60 Å². The molecule has 0 saturated carbocycles. The van der Waals surface area contributed by atoms with Crippen LogP contribution in [0.15, 0.2) is 54.6 Å². The molecule has 1 amide bonds. The van der Waals surface area contributed by atoms with Crippen molar-refractivity contribution in [1.82, 2.24) is 5.32 Å². The molecule has 2 aromatic rings. The summed E-state index contributed by atoms with van der Waals surface area (Å²) in [5.74, 6) is -0.474. The Morgan fingerprint density at radius 2 is 1.75 bits per heavy atom. The van der Waals surface area contributed by atoms with Crippen molar-refractivity contribution in [2.45, 2.75) is 38.2 Å². The normalized spacial score (nSPS) is 13.3. The summed E-state index contributed by atoms with van der Waals surface area (Å²) in [7, 11) is 0. The van der Waals surface area contributed by atoms with Crippen LogP contribution in [0.4, 0.5) is 4.39 Å². The van der Waals surface area contributed by atoms with Gasteiger partial charge in [0.1, 0.15) is 5.82 Å². The molecule has 0 aromatic heterocycles. The number of aliphatic hydroxyl groups is 1. The van der Waals surface area contributed by atoms with Crippen molar-refractivity contribution in [3.8, 4) is 0 Å². The molecule has 0 aliphatic rings. The van der Waals surface area contributed by atoms with Gasteiger partial charge in [-0.25, -0.2) is 4.39 Å². The standard InChI is InChI=1S/C20H24FNO2/c1-20(24,14-13-16-7-3-2-4-8-16)15-22-19(23)12-11-17-9-5-6-10-18(17)21/h2-10,24H,11-15H2,1H3,(H,22,23)/t20-/m1/s1. The molecule has 1 atom stereocenters. The Bertz CT molecular complexity index is 656. The lowest BCUT2D eigenvalue weighted by Crippen LogP contribution is -2.41. The van der Waals surface area contributed by atoms with Gasteiger partial charge in [-0.1, -0.05) is 48.5 Å². The third-order valence-electron chi connectivity index (χ3n) is 4.04. The molecule has 0 aliphatic carbocycles. The molecule has 0 bridgehead atoms. The third-order valence-corrected chi connectivity index (χ3v) is 4.04. The number of carbonyl (C=O) groups is 1. The lowest BCUT2D eigenvalue weighted by molar-refractivity contribution is -0.122. The summed E-state index contributed by atoms with van der Waals surface area (Å²) < 4.78 is 13.5. The quantitative estimate of drug-likeness (QED) is 0.781. The fourth-order valence-electron chi connectivity index (χ4n) is 2.47. The third kappa shape index (κ3) is 6.13. The molecule has 0 radical (unpaired) electrons. The van der Waals surface area contributed by atoms with Crippen molar-refractivity contribution in [3.05, 3.63) is 71.5 Å². The molecule has 0 heterocycles. The van der Waals surface area contributed by atoms with E-state index < -0.39 is 5.60 Å². The Morgan fingerprint density at radius 3 is 2.46 bits per heavy atom. The number of aryl methyl sites for hydroxylation is 2. The first-order valence-electron chi connectivity index (χ1n) is 8.23. The molecule has 3 nitrogen and oxygen atoms in total. The maximum Gasteiger partial charge on any atom is 0.220 e. The van der Waals surface area contributed by atoms with Crippen LogP contribution in [-0.2, 0) is 17.6 Å². The number of amides is 1. The van der Waals surface area contributed by atoms with Crippen molar-refractivity contribution in [3.63, 3.8) is 0 Å². The Balaban J connectivity index is 1.72. The average Bonchev–Trinajstić information content (AvgIpc) is 2.59. The summed E-state index contributed by atoms with van der Waals surface area (Å²) in [5.41, 5.74) is 0.718. The minimum atomic E-state index is -0.969. The Morgan fingerprint density at radius 1 is 1.08 bits per heavy atom. The van der Waals surface area contributed by atoms with Crippen LogP contribution < -0.4 is 5.32 Å². The van der Waals surface area contributed by atoms with Crippen LogP contribution in [0.2, 0.25) is 0 Å². The van der Waals surface area contributed by atoms with E-state index in [-0.39, 0.29) is 24.7 Å². The molecule has 0 spiro atoms. The van der Waals surface area contributed by atoms with Crippen molar-refractivity contribution in [1.29, 1.82) is 0 Å². The molecule has 0 fully saturated rings. The number of hydrogen-bond acceptors (Lipinski definition) is 2. The fraction of sp³-hybridized carbons (Fsp3) is 0.350. The summed E-state index contributed by atoms with van der Waals surface area (Å²) in [6.07, 6.45) is 1.86. The summed E-state index contributed by atoms with van der Waals surface area (Å²) in [5, 5.41) is 13.1. The average molecular weight is 329 g/mol.